The Labute approximate surface area is 124 Å². The van der Waals surface area contributed by atoms with Crippen molar-refractivity contribution in [2.75, 3.05) is 14.1 Å². The molecule has 1 heterocycles. The van der Waals surface area contributed by atoms with Gasteiger partial charge in [0.2, 0.25) is 5.91 Å². The molecule has 0 saturated carbocycles. The van der Waals surface area contributed by atoms with Gasteiger partial charge < -0.3 is 14.6 Å². The maximum atomic E-state index is 13.9. The molecule has 1 aromatic carbocycles. The number of halogens is 2. The van der Waals surface area contributed by atoms with E-state index in [9.17, 15) is 18.4 Å². The highest BCUT2D eigenvalue weighted by atomic mass is 19.1. The normalized spacial score (nSPS) is 11.8. The summed E-state index contributed by atoms with van der Waals surface area (Å²) in [6, 6.07) is 1.46. The number of rotatable bonds is 4. The predicted octanol–water partition coefficient (Wildman–Crippen LogP) is 1.51. The summed E-state index contributed by atoms with van der Waals surface area (Å²) < 4.78 is 31.6. The number of hydrogen-bond donors (Lipinski definition) is 1. The number of carbonyl (C=O) groups excluding carboxylic acids is 2. The molecule has 0 aliphatic carbocycles. The summed E-state index contributed by atoms with van der Waals surface area (Å²) in [4.78, 5) is 29.0. The van der Waals surface area contributed by atoms with Gasteiger partial charge in [0.1, 0.15) is 23.9 Å². The van der Waals surface area contributed by atoms with E-state index < -0.39 is 29.5 Å². The molecule has 2 rings (SSSR count). The number of nitrogens with one attached hydrogen (secondary N) is 1. The fourth-order valence-electron chi connectivity index (χ4n) is 1.80. The first kappa shape index (κ1) is 15.6. The molecule has 8 heteroatoms. The van der Waals surface area contributed by atoms with Crippen molar-refractivity contribution in [3.63, 3.8) is 0 Å². The Balaban J connectivity index is 2.34. The van der Waals surface area contributed by atoms with Gasteiger partial charge >= 0.3 is 0 Å². The summed E-state index contributed by atoms with van der Waals surface area (Å²) >= 11 is 0. The minimum Gasteiger partial charge on any atom is -0.451 e. The zero-order valence-electron chi connectivity index (χ0n) is 11.8. The Bertz CT molecular complexity index is 687. The minimum absolute atomic E-state index is 0.0564. The van der Waals surface area contributed by atoms with Crippen LogP contribution in [0.5, 0.6) is 0 Å². The highest BCUT2D eigenvalue weighted by Gasteiger charge is 2.28. The third kappa shape index (κ3) is 3.27. The minimum atomic E-state index is -1.31. The molecule has 1 unspecified atom stereocenters. The van der Waals surface area contributed by atoms with Crippen LogP contribution in [0.2, 0.25) is 0 Å². The summed E-state index contributed by atoms with van der Waals surface area (Å²) in [5.41, 5.74) is -0.198. The molecule has 0 spiro atoms. The van der Waals surface area contributed by atoms with Crippen molar-refractivity contribution in [3.05, 3.63) is 53.7 Å². The number of hydrogen-bond acceptors (Lipinski definition) is 4. The van der Waals surface area contributed by atoms with Crippen molar-refractivity contribution in [1.29, 1.82) is 0 Å². The van der Waals surface area contributed by atoms with Crippen LogP contribution in [0.4, 0.5) is 8.78 Å². The summed E-state index contributed by atoms with van der Waals surface area (Å²) in [6.45, 7) is 0. The largest absolute Gasteiger partial charge is 0.451 e. The van der Waals surface area contributed by atoms with Crippen molar-refractivity contribution >= 4 is 11.8 Å². The Hall–Kier alpha value is -2.77. The van der Waals surface area contributed by atoms with Crippen LogP contribution in [-0.2, 0) is 4.79 Å². The molecule has 1 aromatic heterocycles. The first-order valence-corrected chi connectivity index (χ1v) is 6.25. The lowest BCUT2D eigenvalue weighted by Crippen LogP contribution is -2.40. The lowest BCUT2D eigenvalue weighted by Gasteiger charge is -2.22. The van der Waals surface area contributed by atoms with Crippen LogP contribution < -0.4 is 5.32 Å². The van der Waals surface area contributed by atoms with E-state index in [0.717, 1.165) is 24.8 Å². The number of aromatic nitrogens is 1. The van der Waals surface area contributed by atoms with Gasteiger partial charge in [-0.05, 0) is 6.07 Å². The van der Waals surface area contributed by atoms with Crippen LogP contribution in [0, 0.1) is 11.6 Å². The SMILES string of the molecule is CN(C)C(=O)C(NC(=O)c1cocn1)c1ccc(F)cc1F. The number of oxazole rings is 1. The van der Waals surface area contributed by atoms with Gasteiger partial charge in [-0.2, -0.15) is 0 Å². The van der Waals surface area contributed by atoms with E-state index in [4.69, 9.17) is 0 Å². The van der Waals surface area contributed by atoms with E-state index in [1.54, 1.807) is 0 Å². The lowest BCUT2D eigenvalue weighted by atomic mass is 10.0. The predicted molar refractivity (Wildman–Crippen MR) is 71.8 cm³/mol. The maximum absolute atomic E-state index is 13.9. The molecule has 0 aliphatic rings. The third-order valence-corrected chi connectivity index (χ3v) is 2.90. The highest BCUT2D eigenvalue weighted by molar-refractivity contribution is 5.96. The second-order valence-corrected chi connectivity index (χ2v) is 4.68. The summed E-state index contributed by atoms with van der Waals surface area (Å²) in [7, 11) is 2.91. The van der Waals surface area contributed by atoms with Gasteiger partial charge in [-0.3, -0.25) is 9.59 Å². The average Bonchev–Trinajstić information content (AvgIpc) is 2.98. The second kappa shape index (κ2) is 6.33. The van der Waals surface area contributed by atoms with Gasteiger partial charge in [0.25, 0.3) is 5.91 Å². The van der Waals surface area contributed by atoms with E-state index in [1.165, 1.54) is 19.0 Å². The molecule has 6 nitrogen and oxygen atoms in total. The smallest absolute Gasteiger partial charge is 0.274 e. The maximum Gasteiger partial charge on any atom is 0.274 e. The molecule has 22 heavy (non-hydrogen) atoms. The van der Waals surface area contributed by atoms with E-state index in [2.05, 4.69) is 14.7 Å². The molecular weight excluding hydrogens is 296 g/mol. The van der Waals surface area contributed by atoms with Crippen LogP contribution in [0.1, 0.15) is 22.1 Å². The molecule has 2 aromatic rings. The van der Waals surface area contributed by atoms with Crippen molar-refractivity contribution < 1.29 is 22.8 Å². The molecule has 0 bridgehead atoms. The Morgan fingerprint density at radius 1 is 1.32 bits per heavy atom. The first-order valence-electron chi connectivity index (χ1n) is 6.25. The van der Waals surface area contributed by atoms with E-state index >= 15 is 0 Å². The zero-order chi connectivity index (χ0) is 16.3. The molecule has 1 N–H and O–H groups in total. The molecule has 0 radical (unpaired) electrons. The number of likely N-dealkylation sites (N-methyl/N-ethyl adjacent to an activating group) is 1. The van der Waals surface area contributed by atoms with Crippen LogP contribution >= 0.6 is 0 Å². The number of nitrogens with zero attached hydrogens (tertiary/aromatic N) is 2. The molecule has 0 saturated heterocycles. The summed E-state index contributed by atoms with van der Waals surface area (Å²) in [5, 5.41) is 2.36. The van der Waals surface area contributed by atoms with Gasteiger partial charge in [-0.25, -0.2) is 13.8 Å². The first-order chi connectivity index (χ1) is 10.4. The van der Waals surface area contributed by atoms with E-state index in [-0.39, 0.29) is 11.3 Å². The Kier molecular flexibility index (Phi) is 4.50. The van der Waals surface area contributed by atoms with Gasteiger partial charge in [-0.15, -0.1) is 0 Å². The highest BCUT2D eigenvalue weighted by Crippen LogP contribution is 2.20. The van der Waals surface area contributed by atoms with Gasteiger partial charge in [0.05, 0.1) is 0 Å². The summed E-state index contributed by atoms with van der Waals surface area (Å²) in [5.74, 6) is -2.99. The van der Waals surface area contributed by atoms with Crippen molar-refractivity contribution in [1.82, 2.24) is 15.2 Å². The molecule has 2 amide bonds. The monoisotopic (exact) mass is 309 g/mol. The molecule has 1 atom stereocenters. The molecule has 0 fully saturated rings. The topological polar surface area (TPSA) is 75.4 Å². The van der Waals surface area contributed by atoms with Crippen LogP contribution in [0.3, 0.4) is 0 Å². The van der Waals surface area contributed by atoms with Crippen LogP contribution in [0.25, 0.3) is 0 Å². The average molecular weight is 309 g/mol. The molecule has 0 aliphatic heterocycles. The van der Waals surface area contributed by atoms with Gasteiger partial charge in [0, 0.05) is 25.7 Å². The van der Waals surface area contributed by atoms with Crippen molar-refractivity contribution in [2.45, 2.75) is 6.04 Å². The molecule has 116 valence electrons. The van der Waals surface area contributed by atoms with Crippen molar-refractivity contribution in [3.8, 4) is 0 Å². The van der Waals surface area contributed by atoms with Crippen molar-refractivity contribution in [2.24, 2.45) is 0 Å². The molecular formula is C14H13F2N3O3. The Morgan fingerprint density at radius 2 is 2.05 bits per heavy atom. The fourth-order valence-corrected chi connectivity index (χ4v) is 1.80. The zero-order valence-corrected chi connectivity index (χ0v) is 11.8. The fraction of sp³-hybridized carbons (Fsp3) is 0.214. The number of carbonyl (C=O) groups is 2. The second-order valence-electron chi connectivity index (χ2n) is 4.68. The quantitative estimate of drug-likeness (QED) is 0.929. The van der Waals surface area contributed by atoms with Crippen LogP contribution in [0.15, 0.2) is 35.3 Å². The van der Waals surface area contributed by atoms with Crippen LogP contribution in [-0.4, -0.2) is 35.8 Å². The van der Waals surface area contributed by atoms with Gasteiger partial charge in [0.15, 0.2) is 12.1 Å². The Morgan fingerprint density at radius 3 is 2.59 bits per heavy atom. The third-order valence-electron chi connectivity index (χ3n) is 2.90. The summed E-state index contributed by atoms with van der Waals surface area (Å²) in [6.07, 6.45) is 2.14. The van der Waals surface area contributed by atoms with E-state index in [1.807, 2.05) is 0 Å². The van der Waals surface area contributed by atoms with Gasteiger partial charge in [-0.1, -0.05) is 6.07 Å². The number of benzene rings is 1. The van der Waals surface area contributed by atoms with E-state index in [0.29, 0.717) is 6.07 Å². The lowest BCUT2D eigenvalue weighted by molar-refractivity contribution is -0.130. The number of amides is 2. The standard InChI is InChI=1S/C14H13F2N3O3/c1-19(2)14(21)12(9-4-3-8(15)5-10(9)16)18-13(20)11-6-22-7-17-11/h3-7,12H,1-2H3,(H,18,20).